The van der Waals surface area contributed by atoms with Gasteiger partial charge in [-0.15, -0.1) is 10.2 Å². The number of rotatable bonds is 10. The summed E-state index contributed by atoms with van der Waals surface area (Å²) in [5.41, 5.74) is 1.80. The number of nitrogens with one attached hydrogen (secondary N) is 2. The molecule has 4 rings (SSSR count). The monoisotopic (exact) mass is 497 g/mol. The first-order valence-corrected chi connectivity index (χ1v) is 12.9. The van der Waals surface area contributed by atoms with E-state index in [1.807, 2.05) is 31.2 Å². The molecule has 0 saturated heterocycles. The number of amides is 1. The molecule has 1 amide bonds. The summed E-state index contributed by atoms with van der Waals surface area (Å²) in [4.78, 5) is 12.8. The van der Waals surface area contributed by atoms with Crippen molar-refractivity contribution < 1.29 is 13.9 Å². The molecule has 0 radical (unpaired) electrons. The van der Waals surface area contributed by atoms with Gasteiger partial charge in [-0.3, -0.25) is 4.79 Å². The summed E-state index contributed by atoms with van der Waals surface area (Å²) in [7, 11) is 1.65. The molecular weight excluding hydrogens is 465 g/mol. The van der Waals surface area contributed by atoms with Crippen LogP contribution in [0.25, 0.3) is 0 Å². The second kappa shape index (κ2) is 12.1. The number of carbonyl (C=O) groups excluding carboxylic acids is 1. The largest absolute Gasteiger partial charge is 0.497 e. The predicted octanol–water partition coefficient (Wildman–Crippen LogP) is 5.34. The first kappa shape index (κ1) is 25.0. The van der Waals surface area contributed by atoms with Crippen molar-refractivity contribution >= 4 is 23.4 Å². The van der Waals surface area contributed by atoms with Crippen LogP contribution < -0.4 is 15.4 Å². The van der Waals surface area contributed by atoms with Gasteiger partial charge in [-0.2, -0.15) is 0 Å². The van der Waals surface area contributed by atoms with E-state index < -0.39 is 0 Å². The number of anilines is 1. The van der Waals surface area contributed by atoms with Crippen LogP contribution in [0.3, 0.4) is 0 Å². The number of hydrogen-bond acceptors (Lipinski definition) is 6. The number of carbonyl (C=O) groups is 1. The zero-order valence-electron chi connectivity index (χ0n) is 20.2. The molecular formula is C26H32FN5O2S. The van der Waals surface area contributed by atoms with Crippen molar-refractivity contribution in [2.24, 2.45) is 0 Å². The van der Waals surface area contributed by atoms with Crippen molar-refractivity contribution in [3.8, 4) is 5.75 Å². The van der Waals surface area contributed by atoms with Gasteiger partial charge < -0.3 is 19.9 Å². The van der Waals surface area contributed by atoms with Gasteiger partial charge in [0.2, 0.25) is 5.91 Å². The summed E-state index contributed by atoms with van der Waals surface area (Å²) < 4.78 is 20.7. The number of methoxy groups -OCH3 is 1. The molecule has 9 heteroatoms. The van der Waals surface area contributed by atoms with E-state index in [4.69, 9.17) is 4.74 Å². The average molecular weight is 498 g/mol. The van der Waals surface area contributed by atoms with Crippen LogP contribution in [0.4, 0.5) is 10.1 Å². The predicted molar refractivity (Wildman–Crippen MR) is 136 cm³/mol. The number of benzene rings is 2. The summed E-state index contributed by atoms with van der Waals surface area (Å²) in [6, 6.07) is 14.3. The molecule has 0 aliphatic heterocycles. The summed E-state index contributed by atoms with van der Waals surface area (Å²) in [6.07, 6.45) is 5.79. The lowest BCUT2D eigenvalue weighted by molar-refractivity contribution is -0.120. The third-order valence-corrected chi connectivity index (χ3v) is 7.28. The van der Waals surface area contributed by atoms with Crippen LogP contribution in [-0.4, -0.2) is 33.0 Å². The lowest BCUT2D eigenvalue weighted by atomic mass is 9.95. The van der Waals surface area contributed by atoms with Crippen LogP contribution in [0.2, 0.25) is 0 Å². The normalized spacial score (nSPS) is 14.9. The first-order chi connectivity index (χ1) is 17.0. The van der Waals surface area contributed by atoms with E-state index in [2.05, 4.69) is 25.4 Å². The van der Waals surface area contributed by atoms with E-state index in [1.54, 1.807) is 19.2 Å². The number of halogens is 1. The minimum atomic E-state index is -0.346. The Morgan fingerprint density at radius 2 is 1.91 bits per heavy atom. The quantitative estimate of drug-likeness (QED) is 0.368. The minimum absolute atomic E-state index is 0.0893. The van der Waals surface area contributed by atoms with Gasteiger partial charge in [0.15, 0.2) is 11.0 Å². The van der Waals surface area contributed by atoms with Gasteiger partial charge in [0.1, 0.15) is 11.6 Å². The Kier molecular flexibility index (Phi) is 8.63. The zero-order valence-corrected chi connectivity index (χ0v) is 21.0. The second-order valence-electron chi connectivity index (χ2n) is 8.75. The first-order valence-electron chi connectivity index (χ1n) is 12.0. The molecule has 1 aliphatic rings. The zero-order chi connectivity index (χ0) is 24.6. The van der Waals surface area contributed by atoms with Crippen LogP contribution in [0.5, 0.6) is 5.75 Å². The van der Waals surface area contributed by atoms with Crippen LogP contribution in [0, 0.1) is 5.82 Å². The summed E-state index contributed by atoms with van der Waals surface area (Å²) >= 11 is 1.43. The van der Waals surface area contributed by atoms with Crippen LogP contribution in [0.15, 0.2) is 53.7 Å². The van der Waals surface area contributed by atoms with Crippen molar-refractivity contribution in [1.29, 1.82) is 0 Å². The summed E-state index contributed by atoms with van der Waals surface area (Å²) in [6.45, 7) is 2.76. The van der Waals surface area contributed by atoms with Crippen molar-refractivity contribution in [1.82, 2.24) is 20.1 Å². The highest BCUT2D eigenvalue weighted by molar-refractivity contribution is 8.00. The van der Waals surface area contributed by atoms with Crippen LogP contribution >= 0.6 is 11.8 Å². The van der Waals surface area contributed by atoms with Gasteiger partial charge >= 0.3 is 0 Å². The molecule has 0 spiro atoms. The number of nitrogens with zero attached hydrogens (tertiary/aromatic N) is 3. The Labute approximate surface area is 209 Å². The standard InChI is InChI=1S/C26H32FN5O2S/c1-18(25(33)29-16-19-11-13-20(27)14-12-19)35-26-31-30-24(32(26)22-8-4-3-5-9-22)17-28-21-7-6-10-23(15-21)34-2/h6-7,10-15,18,22,28H,3-5,8-9,16-17H2,1-2H3,(H,29,33). The molecule has 1 atom stereocenters. The molecule has 1 aromatic heterocycles. The lowest BCUT2D eigenvalue weighted by Crippen LogP contribution is -2.30. The van der Waals surface area contributed by atoms with E-state index in [-0.39, 0.29) is 17.0 Å². The topological polar surface area (TPSA) is 81.1 Å². The third kappa shape index (κ3) is 6.75. The van der Waals surface area contributed by atoms with Gasteiger partial charge in [0.05, 0.1) is 18.9 Å². The van der Waals surface area contributed by atoms with E-state index in [9.17, 15) is 9.18 Å². The Bertz CT molecular complexity index is 1120. The molecule has 1 unspecified atom stereocenters. The smallest absolute Gasteiger partial charge is 0.233 e. The Balaban J connectivity index is 1.44. The molecule has 35 heavy (non-hydrogen) atoms. The maximum Gasteiger partial charge on any atom is 0.233 e. The fourth-order valence-electron chi connectivity index (χ4n) is 4.28. The highest BCUT2D eigenvalue weighted by Gasteiger charge is 2.25. The summed E-state index contributed by atoms with van der Waals surface area (Å²) in [5.74, 6) is 1.28. The fraction of sp³-hybridized carbons (Fsp3) is 0.423. The number of thioether (sulfide) groups is 1. The maximum atomic E-state index is 13.1. The average Bonchev–Trinajstić information content (AvgIpc) is 3.29. The molecule has 1 aliphatic carbocycles. The van der Waals surface area contributed by atoms with E-state index in [0.717, 1.165) is 40.8 Å². The van der Waals surface area contributed by atoms with Gasteiger partial charge in [-0.05, 0) is 49.6 Å². The Morgan fingerprint density at radius 3 is 2.66 bits per heavy atom. The van der Waals surface area contributed by atoms with Gasteiger partial charge in [-0.1, -0.05) is 49.2 Å². The number of hydrogen-bond donors (Lipinski definition) is 2. The highest BCUT2D eigenvalue weighted by Crippen LogP contribution is 2.34. The van der Waals surface area contributed by atoms with Crippen LogP contribution in [-0.2, 0) is 17.9 Å². The highest BCUT2D eigenvalue weighted by atomic mass is 32.2. The van der Waals surface area contributed by atoms with Gasteiger partial charge in [0.25, 0.3) is 0 Å². The van der Waals surface area contributed by atoms with E-state index in [0.29, 0.717) is 19.1 Å². The van der Waals surface area contributed by atoms with Crippen molar-refractivity contribution in [2.45, 2.75) is 68.6 Å². The Hall–Kier alpha value is -3.07. The molecule has 1 saturated carbocycles. The molecule has 1 fully saturated rings. The number of aromatic nitrogens is 3. The van der Waals surface area contributed by atoms with Crippen LogP contribution in [0.1, 0.15) is 56.5 Å². The molecule has 186 valence electrons. The second-order valence-corrected chi connectivity index (χ2v) is 10.1. The SMILES string of the molecule is COc1cccc(NCc2nnc(SC(C)C(=O)NCc3ccc(F)cc3)n2C2CCCCC2)c1. The van der Waals surface area contributed by atoms with E-state index in [1.165, 1.54) is 43.2 Å². The minimum Gasteiger partial charge on any atom is -0.497 e. The maximum absolute atomic E-state index is 13.1. The van der Waals surface area contributed by atoms with Crippen molar-refractivity contribution in [3.63, 3.8) is 0 Å². The Morgan fingerprint density at radius 1 is 1.14 bits per heavy atom. The van der Waals surface area contributed by atoms with Crippen molar-refractivity contribution in [2.75, 3.05) is 12.4 Å². The van der Waals surface area contributed by atoms with Crippen molar-refractivity contribution in [3.05, 3.63) is 65.7 Å². The lowest BCUT2D eigenvalue weighted by Gasteiger charge is -2.26. The molecule has 3 aromatic rings. The van der Waals surface area contributed by atoms with Gasteiger partial charge in [-0.25, -0.2) is 4.39 Å². The third-order valence-electron chi connectivity index (χ3n) is 6.23. The fourth-order valence-corrected chi connectivity index (χ4v) is 5.24. The molecule has 1 heterocycles. The molecule has 2 aromatic carbocycles. The molecule has 7 nitrogen and oxygen atoms in total. The molecule has 2 N–H and O–H groups in total. The summed E-state index contributed by atoms with van der Waals surface area (Å²) in [5, 5.41) is 15.8. The molecule has 0 bridgehead atoms. The van der Waals surface area contributed by atoms with Gasteiger partial charge in [0, 0.05) is 24.3 Å². The van der Waals surface area contributed by atoms with E-state index >= 15 is 0 Å². The number of ether oxygens (including phenoxy) is 1.